The lowest BCUT2D eigenvalue weighted by Gasteiger charge is -2.41. The molecule has 180 valence electrons. The fourth-order valence-corrected chi connectivity index (χ4v) is 4.67. The van der Waals surface area contributed by atoms with Crippen molar-refractivity contribution >= 4 is 11.8 Å². The highest BCUT2D eigenvalue weighted by molar-refractivity contribution is 5.96. The zero-order valence-corrected chi connectivity index (χ0v) is 17.6. The van der Waals surface area contributed by atoms with Crippen LogP contribution in [-0.2, 0) is 14.3 Å². The zero-order chi connectivity index (χ0) is 23.8. The molecule has 2 amide bonds. The summed E-state index contributed by atoms with van der Waals surface area (Å²) in [6, 6.07) is 5.32. The molecule has 5 unspecified atom stereocenters. The zero-order valence-electron chi connectivity index (χ0n) is 17.6. The molecule has 0 radical (unpaired) electrons. The Labute approximate surface area is 188 Å². The summed E-state index contributed by atoms with van der Waals surface area (Å²) in [5, 5.41) is 22.7. The summed E-state index contributed by atoms with van der Waals surface area (Å²) in [7, 11) is 0. The third kappa shape index (κ3) is 4.71. The first-order chi connectivity index (χ1) is 15.7. The molecule has 0 saturated carbocycles. The number of ether oxygens (including phenoxy) is 2. The molecule has 3 N–H and O–H groups in total. The molecule has 1 aromatic rings. The number of para-hydroxylation sites is 1. The number of halogens is 3. The van der Waals surface area contributed by atoms with Crippen LogP contribution >= 0.6 is 0 Å². The summed E-state index contributed by atoms with van der Waals surface area (Å²) in [5.41, 5.74) is 0.680. The Balaban J connectivity index is 1.75. The minimum absolute atomic E-state index is 0.0651. The van der Waals surface area contributed by atoms with E-state index in [4.69, 9.17) is 14.6 Å². The molecule has 2 heterocycles. The number of nitrogens with one attached hydrogen (secondary N) is 1. The fourth-order valence-electron chi connectivity index (χ4n) is 4.67. The maximum absolute atomic E-state index is 13.5. The standard InChI is InChI=1S/C22H25F3N2O6/c23-22(24,25)11-27(21(31)16-6-3-9-32-16)14-10-13(20(30)26-7-8-28)17-12-4-1-2-5-15(12)33-19(17)18(14)29/h1-2,4-5,10,14,16-19,28-29H,3,6-9,11H2,(H,26,30). The van der Waals surface area contributed by atoms with Gasteiger partial charge >= 0.3 is 6.18 Å². The van der Waals surface area contributed by atoms with Gasteiger partial charge in [0, 0.05) is 24.3 Å². The number of nitrogens with zero attached hydrogens (tertiary/aromatic N) is 1. The van der Waals surface area contributed by atoms with Gasteiger partial charge in [0.15, 0.2) is 0 Å². The minimum atomic E-state index is -4.74. The van der Waals surface area contributed by atoms with Crippen LogP contribution in [0.2, 0.25) is 0 Å². The predicted molar refractivity (Wildman–Crippen MR) is 108 cm³/mol. The van der Waals surface area contributed by atoms with E-state index in [1.165, 1.54) is 6.08 Å². The van der Waals surface area contributed by atoms with E-state index in [1.807, 2.05) is 0 Å². The summed E-state index contributed by atoms with van der Waals surface area (Å²) in [6.07, 6.45) is -6.35. The van der Waals surface area contributed by atoms with Crippen molar-refractivity contribution in [3.63, 3.8) is 0 Å². The second-order valence-corrected chi connectivity index (χ2v) is 8.26. The summed E-state index contributed by atoms with van der Waals surface area (Å²) in [6.45, 7) is -1.74. The van der Waals surface area contributed by atoms with Crippen LogP contribution in [0.1, 0.15) is 24.3 Å². The van der Waals surface area contributed by atoms with Crippen molar-refractivity contribution in [1.82, 2.24) is 10.2 Å². The normalized spacial score (nSPS) is 28.4. The predicted octanol–water partition coefficient (Wildman–Crippen LogP) is 0.879. The molecule has 3 aliphatic rings. The van der Waals surface area contributed by atoms with E-state index < -0.39 is 54.8 Å². The second kappa shape index (κ2) is 9.32. The summed E-state index contributed by atoms with van der Waals surface area (Å²) >= 11 is 0. The third-order valence-corrected chi connectivity index (χ3v) is 6.07. The van der Waals surface area contributed by atoms with E-state index in [-0.39, 0.29) is 31.8 Å². The van der Waals surface area contributed by atoms with E-state index in [0.29, 0.717) is 22.6 Å². The van der Waals surface area contributed by atoms with E-state index in [2.05, 4.69) is 5.32 Å². The molecule has 11 heteroatoms. The van der Waals surface area contributed by atoms with Gasteiger partial charge in [-0.25, -0.2) is 0 Å². The smallest absolute Gasteiger partial charge is 0.406 e. The Hall–Kier alpha value is -2.63. The van der Waals surface area contributed by atoms with Gasteiger partial charge in [0.05, 0.1) is 18.6 Å². The Morgan fingerprint density at radius 3 is 2.67 bits per heavy atom. The third-order valence-electron chi connectivity index (χ3n) is 6.07. The van der Waals surface area contributed by atoms with Crippen molar-refractivity contribution in [3.05, 3.63) is 41.5 Å². The molecular weight excluding hydrogens is 445 g/mol. The molecule has 8 nitrogen and oxygen atoms in total. The topological polar surface area (TPSA) is 108 Å². The number of hydrogen-bond acceptors (Lipinski definition) is 6. The number of aliphatic hydroxyl groups is 2. The summed E-state index contributed by atoms with van der Waals surface area (Å²) < 4.78 is 51.6. The number of benzene rings is 1. The van der Waals surface area contributed by atoms with Crippen molar-refractivity contribution < 1.29 is 42.4 Å². The summed E-state index contributed by atoms with van der Waals surface area (Å²) in [5.74, 6) is -1.85. The number of aliphatic hydroxyl groups excluding tert-OH is 2. The van der Waals surface area contributed by atoms with Gasteiger partial charge < -0.3 is 29.9 Å². The lowest BCUT2D eigenvalue weighted by molar-refractivity contribution is -0.175. The van der Waals surface area contributed by atoms with Gasteiger partial charge in [-0.3, -0.25) is 9.59 Å². The van der Waals surface area contributed by atoms with Crippen molar-refractivity contribution in [2.24, 2.45) is 0 Å². The van der Waals surface area contributed by atoms with Crippen molar-refractivity contribution in [1.29, 1.82) is 0 Å². The van der Waals surface area contributed by atoms with Gasteiger partial charge in [0.1, 0.15) is 30.6 Å². The highest BCUT2D eigenvalue weighted by Crippen LogP contribution is 2.47. The van der Waals surface area contributed by atoms with Gasteiger partial charge in [0.25, 0.3) is 5.91 Å². The van der Waals surface area contributed by atoms with Gasteiger partial charge in [-0.05, 0) is 25.0 Å². The molecule has 0 bridgehead atoms. The van der Waals surface area contributed by atoms with Gasteiger partial charge in [-0.2, -0.15) is 13.2 Å². The first kappa shape index (κ1) is 23.5. The monoisotopic (exact) mass is 470 g/mol. The van der Waals surface area contributed by atoms with Crippen LogP contribution in [0.5, 0.6) is 5.75 Å². The molecule has 1 aromatic carbocycles. The molecule has 1 aliphatic carbocycles. The number of carbonyl (C=O) groups excluding carboxylic acids is 2. The summed E-state index contributed by atoms with van der Waals surface area (Å²) in [4.78, 5) is 26.5. The Morgan fingerprint density at radius 2 is 2.00 bits per heavy atom. The van der Waals surface area contributed by atoms with Crippen molar-refractivity contribution in [2.75, 3.05) is 26.3 Å². The van der Waals surface area contributed by atoms with Crippen molar-refractivity contribution in [2.45, 2.75) is 49.3 Å². The van der Waals surface area contributed by atoms with Gasteiger partial charge in [-0.1, -0.05) is 18.2 Å². The average molecular weight is 470 g/mol. The molecule has 1 saturated heterocycles. The van der Waals surface area contributed by atoms with Crippen molar-refractivity contribution in [3.8, 4) is 5.75 Å². The minimum Gasteiger partial charge on any atom is -0.486 e. The quantitative estimate of drug-likeness (QED) is 0.570. The van der Waals surface area contributed by atoms with E-state index >= 15 is 0 Å². The number of hydrogen-bond donors (Lipinski definition) is 3. The van der Waals surface area contributed by atoms with Crippen LogP contribution in [0.4, 0.5) is 13.2 Å². The van der Waals surface area contributed by atoms with Crippen LogP contribution in [-0.4, -0.2) is 83.8 Å². The highest BCUT2D eigenvalue weighted by atomic mass is 19.4. The fraction of sp³-hybridized carbons (Fsp3) is 0.545. The molecule has 0 aromatic heterocycles. The van der Waals surface area contributed by atoms with Crippen LogP contribution < -0.4 is 10.1 Å². The van der Waals surface area contributed by atoms with E-state index in [0.717, 1.165) is 0 Å². The van der Waals surface area contributed by atoms with Crippen LogP contribution in [0.15, 0.2) is 35.9 Å². The number of carbonyl (C=O) groups is 2. The molecule has 33 heavy (non-hydrogen) atoms. The first-order valence-corrected chi connectivity index (χ1v) is 10.7. The maximum atomic E-state index is 13.5. The highest BCUT2D eigenvalue weighted by Gasteiger charge is 2.52. The van der Waals surface area contributed by atoms with Crippen LogP contribution in [0.25, 0.3) is 0 Å². The number of rotatable bonds is 6. The molecule has 0 spiro atoms. The molecular formula is C22H25F3N2O6. The van der Waals surface area contributed by atoms with Crippen LogP contribution in [0.3, 0.4) is 0 Å². The Kier molecular flexibility index (Phi) is 6.64. The SMILES string of the molecule is O=C(NCCO)C1=CC(N(CC(F)(F)F)C(=O)C2CCCO2)C(O)C2Oc3ccccc3C12. The maximum Gasteiger partial charge on any atom is 0.406 e. The first-order valence-electron chi connectivity index (χ1n) is 10.7. The molecule has 2 aliphatic heterocycles. The van der Waals surface area contributed by atoms with Gasteiger partial charge in [-0.15, -0.1) is 0 Å². The second-order valence-electron chi connectivity index (χ2n) is 8.26. The molecule has 4 rings (SSSR count). The molecule has 1 fully saturated rings. The number of fused-ring (bicyclic) bond motifs is 3. The van der Waals surface area contributed by atoms with E-state index in [1.54, 1.807) is 24.3 Å². The van der Waals surface area contributed by atoms with E-state index in [9.17, 15) is 27.9 Å². The Morgan fingerprint density at radius 1 is 1.24 bits per heavy atom. The van der Waals surface area contributed by atoms with Gasteiger partial charge in [0.2, 0.25) is 5.91 Å². The molecule has 5 atom stereocenters. The number of amides is 2. The largest absolute Gasteiger partial charge is 0.486 e. The average Bonchev–Trinajstić information content (AvgIpc) is 3.44. The lowest BCUT2D eigenvalue weighted by Crippen LogP contribution is -2.59. The Bertz CT molecular complexity index is 931. The van der Waals surface area contributed by atoms with Crippen LogP contribution in [0, 0.1) is 0 Å². The lowest BCUT2D eigenvalue weighted by atomic mass is 9.77. The number of alkyl halides is 3.